The lowest BCUT2D eigenvalue weighted by atomic mass is 9.76. The number of fused-ring (bicyclic) bond motifs is 1. The van der Waals surface area contributed by atoms with Gasteiger partial charge in [0.2, 0.25) is 0 Å². The zero-order chi connectivity index (χ0) is 14.1. The number of hydrogen-bond donors (Lipinski definition) is 1. The first-order valence-corrected chi connectivity index (χ1v) is 7.71. The minimum atomic E-state index is -0.275. The fourth-order valence-electron chi connectivity index (χ4n) is 3.79. The standard InChI is InChI=1S/C17H22FNO/c1-11-10-13(18)7-8-14(11)17(20)16-9-6-12-4-2-3-5-15(12)19-16/h7-8,10,12,15-16,19H,2-6,9H2,1H3. The van der Waals surface area contributed by atoms with Crippen LogP contribution in [0.1, 0.15) is 54.4 Å². The Morgan fingerprint density at radius 1 is 1.20 bits per heavy atom. The van der Waals surface area contributed by atoms with Gasteiger partial charge in [0, 0.05) is 11.6 Å². The Morgan fingerprint density at radius 2 is 2.00 bits per heavy atom. The molecule has 108 valence electrons. The maximum absolute atomic E-state index is 13.1. The van der Waals surface area contributed by atoms with Crippen LogP contribution in [0.4, 0.5) is 4.39 Å². The van der Waals surface area contributed by atoms with Crippen LogP contribution in [0.5, 0.6) is 0 Å². The fraction of sp³-hybridized carbons (Fsp3) is 0.588. The average Bonchev–Trinajstić information content (AvgIpc) is 2.46. The number of benzene rings is 1. The molecule has 2 aliphatic rings. The molecule has 0 bridgehead atoms. The predicted molar refractivity (Wildman–Crippen MR) is 77.4 cm³/mol. The van der Waals surface area contributed by atoms with Crippen molar-refractivity contribution in [2.75, 3.05) is 0 Å². The van der Waals surface area contributed by atoms with Crippen molar-refractivity contribution >= 4 is 5.78 Å². The van der Waals surface area contributed by atoms with Crippen molar-refractivity contribution in [1.29, 1.82) is 0 Å². The lowest BCUT2D eigenvalue weighted by Crippen LogP contribution is -2.52. The van der Waals surface area contributed by atoms with Crippen LogP contribution in [0.3, 0.4) is 0 Å². The topological polar surface area (TPSA) is 29.1 Å². The zero-order valence-corrected chi connectivity index (χ0v) is 12.0. The first kappa shape index (κ1) is 13.7. The molecule has 0 aromatic heterocycles. The number of ketones is 1. The first-order chi connectivity index (χ1) is 9.65. The summed E-state index contributed by atoms with van der Waals surface area (Å²) in [6.45, 7) is 1.81. The molecule has 1 saturated heterocycles. The lowest BCUT2D eigenvalue weighted by Gasteiger charge is -2.40. The summed E-state index contributed by atoms with van der Waals surface area (Å²) in [4.78, 5) is 12.6. The van der Waals surface area contributed by atoms with Crippen LogP contribution in [-0.4, -0.2) is 17.9 Å². The summed E-state index contributed by atoms with van der Waals surface area (Å²) >= 11 is 0. The van der Waals surface area contributed by atoms with E-state index >= 15 is 0 Å². The highest BCUT2D eigenvalue weighted by atomic mass is 19.1. The number of aryl methyl sites for hydroxylation is 1. The van der Waals surface area contributed by atoms with Gasteiger partial charge in [-0.15, -0.1) is 0 Å². The van der Waals surface area contributed by atoms with Gasteiger partial charge in [-0.25, -0.2) is 4.39 Å². The van der Waals surface area contributed by atoms with Crippen molar-refractivity contribution in [3.05, 3.63) is 35.1 Å². The van der Waals surface area contributed by atoms with E-state index in [9.17, 15) is 9.18 Å². The maximum Gasteiger partial charge on any atom is 0.180 e. The summed E-state index contributed by atoms with van der Waals surface area (Å²) in [5.74, 6) is 0.608. The van der Waals surface area contributed by atoms with E-state index in [4.69, 9.17) is 0 Å². The molecule has 3 rings (SSSR count). The third-order valence-corrected chi connectivity index (χ3v) is 4.92. The Balaban J connectivity index is 1.74. The number of halogens is 1. The third-order valence-electron chi connectivity index (χ3n) is 4.92. The molecule has 2 fully saturated rings. The number of piperidine rings is 1. The molecule has 1 N–H and O–H groups in total. The molecule has 1 aliphatic heterocycles. The molecule has 20 heavy (non-hydrogen) atoms. The number of carbonyl (C=O) groups excluding carboxylic acids is 1. The Labute approximate surface area is 119 Å². The normalized spacial score (nSPS) is 29.8. The van der Waals surface area contributed by atoms with Gasteiger partial charge >= 0.3 is 0 Å². The van der Waals surface area contributed by atoms with E-state index in [1.54, 1.807) is 6.07 Å². The van der Waals surface area contributed by atoms with E-state index in [2.05, 4.69) is 5.32 Å². The summed E-state index contributed by atoms with van der Waals surface area (Å²) in [6.07, 6.45) is 7.15. The monoisotopic (exact) mass is 275 g/mol. The van der Waals surface area contributed by atoms with Gasteiger partial charge in [-0.3, -0.25) is 4.79 Å². The van der Waals surface area contributed by atoms with Crippen LogP contribution in [0.2, 0.25) is 0 Å². The SMILES string of the molecule is Cc1cc(F)ccc1C(=O)C1CCC2CCCCC2N1. The second-order valence-corrected chi connectivity index (χ2v) is 6.27. The Kier molecular flexibility index (Phi) is 3.88. The maximum atomic E-state index is 13.1. The van der Waals surface area contributed by atoms with Gasteiger partial charge in [0.05, 0.1) is 6.04 Å². The van der Waals surface area contributed by atoms with Gasteiger partial charge in [-0.1, -0.05) is 12.8 Å². The summed E-state index contributed by atoms with van der Waals surface area (Å²) in [5.41, 5.74) is 1.40. The highest BCUT2D eigenvalue weighted by Crippen LogP contribution is 2.33. The quantitative estimate of drug-likeness (QED) is 0.835. The summed E-state index contributed by atoms with van der Waals surface area (Å²) < 4.78 is 13.1. The van der Waals surface area contributed by atoms with E-state index in [0.29, 0.717) is 11.6 Å². The molecule has 0 radical (unpaired) electrons. The molecule has 1 aromatic rings. The molecule has 1 aliphatic carbocycles. The van der Waals surface area contributed by atoms with Crippen molar-refractivity contribution < 1.29 is 9.18 Å². The van der Waals surface area contributed by atoms with Crippen molar-refractivity contribution in [3.63, 3.8) is 0 Å². The molecule has 1 aromatic carbocycles. The highest BCUT2D eigenvalue weighted by molar-refractivity contribution is 6.01. The fourth-order valence-corrected chi connectivity index (χ4v) is 3.79. The molecule has 3 unspecified atom stereocenters. The molecular weight excluding hydrogens is 253 g/mol. The molecule has 2 nitrogen and oxygen atoms in total. The smallest absolute Gasteiger partial charge is 0.180 e. The minimum Gasteiger partial charge on any atom is -0.304 e. The van der Waals surface area contributed by atoms with Crippen molar-refractivity contribution in [1.82, 2.24) is 5.32 Å². The van der Waals surface area contributed by atoms with E-state index in [1.165, 1.54) is 37.8 Å². The Hall–Kier alpha value is -1.22. The lowest BCUT2D eigenvalue weighted by molar-refractivity contribution is 0.0861. The number of hydrogen-bond acceptors (Lipinski definition) is 2. The second kappa shape index (κ2) is 5.65. The largest absolute Gasteiger partial charge is 0.304 e. The number of Topliss-reactive ketones (excluding diaryl/α,β-unsaturated/α-hetero) is 1. The zero-order valence-electron chi connectivity index (χ0n) is 12.0. The molecule has 1 saturated carbocycles. The van der Waals surface area contributed by atoms with Gasteiger partial charge in [0.25, 0.3) is 0 Å². The Bertz CT molecular complexity index is 514. The van der Waals surface area contributed by atoms with Crippen LogP contribution < -0.4 is 5.32 Å². The van der Waals surface area contributed by atoms with Crippen LogP contribution >= 0.6 is 0 Å². The molecule has 0 amide bonds. The van der Waals surface area contributed by atoms with E-state index in [0.717, 1.165) is 24.3 Å². The summed E-state index contributed by atoms with van der Waals surface area (Å²) in [5, 5.41) is 3.55. The van der Waals surface area contributed by atoms with Gasteiger partial charge in [0.1, 0.15) is 5.82 Å². The number of rotatable bonds is 2. The Morgan fingerprint density at radius 3 is 2.80 bits per heavy atom. The molecule has 1 heterocycles. The molecule has 3 atom stereocenters. The van der Waals surface area contributed by atoms with E-state index in [-0.39, 0.29) is 17.6 Å². The highest BCUT2D eigenvalue weighted by Gasteiger charge is 2.34. The van der Waals surface area contributed by atoms with Gasteiger partial charge in [-0.2, -0.15) is 0 Å². The minimum absolute atomic E-state index is 0.0847. The third kappa shape index (κ3) is 2.64. The van der Waals surface area contributed by atoms with Gasteiger partial charge in [0.15, 0.2) is 5.78 Å². The number of carbonyl (C=O) groups is 1. The van der Waals surface area contributed by atoms with E-state index < -0.39 is 0 Å². The first-order valence-electron chi connectivity index (χ1n) is 7.71. The van der Waals surface area contributed by atoms with Crippen molar-refractivity contribution in [2.24, 2.45) is 5.92 Å². The van der Waals surface area contributed by atoms with Gasteiger partial charge < -0.3 is 5.32 Å². The molecule has 3 heteroatoms. The average molecular weight is 275 g/mol. The number of nitrogens with one attached hydrogen (secondary N) is 1. The van der Waals surface area contributed by atoms with Crippen LogP contribution in [0.15, 0.2) is 18.2 Å². The van der Waals surface area contributed by atoms with Crippen molar-refractivity contribution in [2.45, 2.75) is 57.5 Å². The van der Waals surface area contributed by atoms with Crippen LogP contribution in [0, 0.1) is 18.7 Å². The summed E-state index contributed by atoms with van der Waals surface area (Å²) in [7, 11) is 0. The van der Waals surface area contributed by atoms with Crippen LogP contribution in [0.25, 0.3) is 0 Å². The van der Waals surface area contributed by atoms with Crippen molar-refractivity contribution in [3.8, 4) is 0 Å². The molecular formula is C17H22FNO. The molecule has 0 spiro atoms. The predicted octanol–water partition coefficient (Wildman–Crippen LogP) is 3.63. The van der Waals surface area contributed by atoms with E-state index in [1.807, 2.05) is 6.92 Å². The summed E-state index contributed by atoms with van der Waals surface area (Å²) in [6, 6.07) is 4.87. The van der Waals surface area contributed by atoms with Gasteiger partial charge in [-0.05, 0) is 62.3 Å². The second-order valence-electron chi connectivity index (χ2n) is 6.27. The van der Waals surface area contributed by atoms with Crippen LogP contribution in [-0.2, 0) is 0 Å².